The number of ether oxygens (including phenoxy) is 7. The van der Waals surface area contributed by atoms with E-state index in [9.17, 15) is 29.1 Å². The summed E-state index contributed by atoms with van der Waals surface area (Å²) in [5.74, 6) is 2.87. The van der Waals surface area contributed by atoms with Gasteiger partial charge in [0.05, 0.1) is 67.9 Å². The van der Waals surface area contributed by atoms with Crippen LogP contribution in [0.15, 0.2) is 127 Å². The number of nitrogens with one attached hydrogen (secondary N) is 4. The van der Waals surface area contributed by atoms with Gasteiger partial charge in [-0.05, 0) is 146 Å². The molecule has 1 heterocycles. The standard InChI is InChI=1S/C26H34N2O4.C25H30N2O5.C21H25NO4/c1-25(2,3)24(30)27-17-26(14-6-7-15-26)19-9-11-20(12-10-19)28-23(29)18-8-13-21(31-4)22(16-18)32-5;1-30-21-10-5-18(17-22(21)31-2)23(28)26-20-8-6-19(7-9-20)25(11-3-4-12-25)24(29)27-13-15-32-16-14-27;1-25-18-10-5-15(13-19(18)26-2)20(24)22-17-8-6-16(7-9-17)21(14-23)11-3-4-12-21/h8-13,16H,6-7,14-15,17H2,1-5H3,(H,27,30)(H,28,29);5-10,17H,3-4,11-16H2,1-2H3,(H,26,28);5-10,13,23H,3-4,11-12,14H2,1-2H3,(H,22,24). The van der Waals surface area contributed by atoms with Crippen molar-refractivity contribution < 1.29 is 62.2 Å². The van der Waals surface area contributed by atoms with E-state index < -0.39 is 10.8 Å². The third-order valence-corrected chi connectivity index (χ3v) is 18.0. The number of hydrogen-bond acceptors (Lipinski definition) is 13. The maximum atomic E-state index is 13.5. The van der Waals surface area contributed by atoms with Crippen LogP contribution in [0.2, 0.25) is 0 Å². The van der Waals surface area contributed by atoms with Crippen molar-refractivity contribution in [2.75, 3.05) is 98.1 Å². The second-order valence-electron chi connectivity index (χ2n) is 24.6. The summed E-state index contributed by atoms with van der Waals surface area (Å²) in [6, 6.07) is 38.7. The smallest absolute Gasteiger partial charge is 0.255 e. The van der Waals surface area contributed by atoms with Crippen molar-refractivity contribution in [1.29, 1.82) is 0 Å². The molecule has 0 radical (unpaired) electrons. The molecule has 0 spiro atoms. The molecule has 90 heavy (non-hydrogen) atoms. The molecule has 0 unspecified atom stereocenters. The van der Waals surface area contributed by atoms with Gasteiger partial charge in [-0.15, -0.1) is 0 Å². The zero-order valence-electron chi connectivity index (χ0n) is 53.6. The van der Waals surface area contributed by atoms with E-state index in [4.69, 9.17) is 33.2 Å². The van der Waals surface area contributed by atoms with Crippen LogP contribution in [0.5, 0.6) is 34.5 Å². The minimum atomic E-state index is -0.469. The van der Waals surface area contributed by atoms with Crippen LogP contribution in [-0.4, -0.2) is 122 Å². The van der Waals surface area contributed by atoms with Gasteiger partial charge in [0, 0.05) is 69.6 Å². The molecule has 0 atom stereocenters. The Morgan fingerprint density at radius 1 is 0.456 bits per heavy atom. The molecule has 4 aliphatic rings. The Morgan fingerprint density at radius 2 is 0.789 bits per heavy atom. The second-order valence-corrected chi connectivity index (χ2v) is 24.6. The molecule has 3 aliphatic carbocycles. The Kier molecular flexibility index (Phi) is 23.0. The number of rotatable bonds is 19. The van der Waals surface area contributed by atoms with Gasteiger partial charge in [0.15, 0.2) is 34.5 Å². The van der Waals surface area contributed by atoms with Crippen LogP contribution in [0.3, 0.4) is 0 Å². The maximum absolute atomic E-state index is 13.5. The number of carbonyl (C=O) groups is 5. The largest absolute Gasteiger partial charge is 0.493 e. The number of morpholine rings is 1. The zero-order valence-corrected chi connectivity index (χ0v) is 53.6. The highest BCUT2D eigenvalue weighted by atomic mass is 16.5. The molecule has 10 rings (SSSR count). The van der Waals surface area contributed by atoms with E-state index in [2.05, 4.69) is 33.4 Å². The van der Waals surface area contributed by atoms with Gasteiger partial charge in [0.2, 0.25) is 11.8 Å². The highest BCUT2D eigenvalue weighted by molar-refractivity contribution is 6.06. The van der Waals surface area contributed by atoms with Gasteiger partial charge in [0.25, 0.3) is 17.7 Å². The first kappa shape index (κ1) is 67.3. The molecule has 5 amide bonds. The Labute approximate surface area is 529 Å². The molecule has 4 fully saturated rings. The van der Waals surface area contributed by atoms with Crippen LogP contribution in [0.25, 0.3) is 0 Å². The molecule has 0 aromatic heterocycles. The van der Waals surface area contributed by atoms with Crippen LogP contribution in [0, 0.1) is 5.41 Å². The minimum absolute atomic E-state index is 0.0488. The topological polar surface area (TPSA) is 222 Å². The fraction of sp³-hybridized carbons (Fsp3) is 0.431. The first-order chi connectivity index (χ1) is 43.4. The van der Waals surface area contributed by atoms with Crippen LogP contribution in [0.4, 0.5) is 17.1 Å². The molecule has 1 aliphatic heterocycles. The molecule has 18 heteroatoms. The predicted octanol–water partition coefficient (Wildman–Crippen LogP) is 12.3. The quantitative estimate of drug-likeness (QED) is 0.0510. The number of nitrogens with zero attached hydrogens (tertiary/aromatic N) is 1. The minimum Gasteiger partial charge on any atom is -0.493 e. The molecular weight excluding hydrogens is 1140 g/mol. The van der Waals surface area contributed by atoms with Gasteiger partial charge in [0.1, 0.15) is 0 Å². The molecule has 480 valence electrons. The van der Waals surface area contributed by atoms with Crippen molar-refractivity contribution in [2.24, 2.45) is 5.41 Å². The molecule has 0 bridgehead atoms. The van der Waals surface area contributed by atoms with Crippen molar-refractivity contribution in [2.45, 2.75) is 114 Å². The third-order valence-electron chi connectivity index (χ3n) is 18.0. The number of amides is 5. The first-order valence-corrected chi connectivity index (χ1v) is 31.1. The van der Waals surface area contributed by atoms with Gasteiger partial charge in [-0.2, -0.15) is 0 Å². The molecule has 6 aromatic carbocycles. The summed E-state index contributed by atoms with van der Waals surface area (Å²) in [5.41, 5.74) is 5.91. The average molecular weight is 1230 g/mol. The number of carbonyl (C=O) groups excluding carboxylic acids is 5. The lowest BCUT2D eigenvalue weighted by atomic mass is 9.77. The van der Waals surface area contributed by atoms with Gasteiger partial charge in [-0.1, -0.05) is 95.7 Å². The lowest BCUT2D eigenvalue weighted by molar-refractivity contribution is -0.141. The first-order valence-electron chi connectivity index (χ1n) is 31.1. The van der Waals surface area contributed by atoms with Crippen molar-refractivity contribution in [3.8, 4) is 34.5 Å². The summed E-state index contributed by atoms with van der Waals surface area (Å²) >= 11 is 0. The fourth-order valence-corrected chi connectivity index (χ4v) is 12.6. The zero-order chi connectivity index (χ0) is 64.5. The highest BCUT2D eigenvalue weighted by Gasteiger charge is 2.45. The van der Waals surface area contributed by atoms with Gasteiger partial charge >= 0.3 is 0 Å². The van der Waals surface area contributed by atoms with E-state index in [0.29, 0.717) is 89.7 Å². The van der Waals surface area contributed by atoms with Gasteiger partial charge < -0.3 is 64.4 Å². The van der Waals surface area contributed by atoms with E-state index >= 15 is 0 Å². The Hall–Kier alpha value is -8.61. The van der Waals surface area contributed by atoms with Crippen LogP contribution in [0.1, 0.15) is 146 Å². The van der Waals surface area contributed by atoms with Gasteiger partial charge in [-0.25, -0.2) is 0 Å². The summed E-state index contributed by atoms with van der Waals surface area (Å²) in [4.78, 5) is 65.7. The predicted molar refractivity (Wildman–Crippen MR) is 349 cm³/mol. The lowest BCUT2D eigenvalue weighted by Crippen LogP contribution is -2.49. The number of aliphatic hydroxyl groups excluding tert-OH is 1. The van der Waals surface area contributed by atoms with Gasteiger partial charge in [-0.3, -0.25) is 24.0 Å². The van der Waals surface area contributed by atoms with E-state index in [0.717, 1.165) is 99.6 Å². The molecule has 18 nitrogen and oxygen atoms in total. The number of anilines is 3. The third kappa shape index (κ3) is 16.0. The summed E-state index contributed by atoms with van der Waals surface area (Å²) in [5, 5.41) is 21.8. The second kappa shape index (κ2) is 30.7. The fourth-order valence-electron chi connectivity index (χ4n) is 12.6. The van der Waals surface area contributed by atoms with Crippen molar-refractivity contribution in [3.63, 3.8) is 0 Å². The van der Waals surface area contributed by atoms with Crippen LogP contribution >= 0.6 is 0 Å². The van der Waals surface area contributed by atoms with Crippen molar-refractivity contribution in [1.82, 2.24) is 10.2 Å². The Balaban J connectivity index is 0.000000175. The van der Waals surface area contributed by atoms with E-state index in [1.165, 1.54) is 19.8 Å². The summed E-state index contributed by atoms with van der Waals surface area (Å²) in [6.45, 7) is 9.11. The normalized spacial score (nSPS) is 16.1. The summed E-state index contributed by atoms with van der Waals surface area (Å²) < 4.78 is 36.9. The summed E-state index contributed by atoms with van der Waals surface area (Å²) in [6.07, 6.45) is 12.6. The van der Waals surface area contributed by atoms with E-state index in [1.54, 1.807) is 83.0 Å². The van der Waals surface area contributed by atoms with E-state index in [-0.39, 0.29) is 47.0 Å². The molecule has 3 saturated carbocycles. The average Bonchev–Trinajstić information content (AvgIpc) is 1.53. The van der Waals surface area contributed by atoms with Crippen molar-refractivity contribution >= 4 is 46.6 Å². The number of benzene rings is 6. The van der Waals surface area contributed by atoms with E-state index in [1.807, 2.05) is 86.3 Å². The van der Waals surface area contributed by atoms with Crippen LogP contribution < -0.4 is 49.7 Å². The molecular formula is C72H89N5O13. The number of methoxy groups -OCH3 is 6. The highest BCUT2D eigenvalue weighted by Crippen LogP contribution is 2.45. The van der Waals surface area contributed by atoms with Crippen LogP contribution in [-0.2, 0) is 30.6 Å². The number of hydrogen-bond donors (Lipinski definition) is 5. The number of aliphatic hydroxyl groups is 1. The SMILES string of the molecule is COc1ccc(C(=O)Nc2ccc(C3(C(=O)N4CCOCC4)CCCC3)cc2)cc1OC.COc1ccc(C(=O)Nc2ccc(C3(CNC(=O)C(C)(C)C)CCCC3)cc2)cc1OC.COc1ccc(C(=O)Nc2ccc(C3(CO)CCCC3)cc2)cc1OC. The molecule has 6 aromatic rings. The maximum Gasteiger partial charge on any atom is 0.255 e. The van der Waals surface area contributed by atoms with Crippen molar-refractivity contribution in [3.05, 3.63) is 161 Å². The lowest BCUT2D eigenvalue weighted by Gasteiger charge is -2.36. The monoisotopic (exact) mass is 1230 g/mol. The molecule has 5 N–H and O–H groups in total. The molecule has 1 saturated heterocycles. The summed E-state index contributed by atoms with van der Waals surface area (Å²) in [7, 11) is 9.29. The Morgan fingerprint density at radius 3 is 1.13 bits per heavy atom. The Bertz CT molecular complexity index is 3390.